The molecule has 1 N–H and O–H groups in total. The summed E-state index contributed by atoms with van der Waals surface area (Å²) in [5, 5.41) is 4.79. The average molecular weight is 362 g/mol. The SMILES string of the molecule is CN(CC(=O)Nc1ccc(F)cc1)C(=O)c1ccc2c3c(cccc13)CC2. The van der Waals surface area contributed by atoms with Gasteiger partial charge in [0.05, 0.1) is 6.54 Å². The number of benzene rings is 3. The maximum Gasteiger partial charge on any atom is 0.254 e. The Balaban J connectivity index is 1.52. The zero-order valence-electron chi connectivity index (χ0n) is 15.0. The van der Waals surface area contributed by atoms with Crippen LogP contribution in [0, 0.1) is 5.82 Å². The van der Waals surface area contributed by atoms with Crippen molar-refractivity contribution in [1.82, 2.24) is 4.90 Å². The summed E-state index contributed by atoms with van der Waals surface area (Å²) in [5.41, 5.74) is 3.64. The summed E-state index contributed by atoms with van der Waals surface area (Å²) in [4.78, 5) is 26.6. The van der Waals surface area contributed by atoms with Crippen LogP contribution in [-0.2, 0) is 17.6 Å². The van der Waals surface area contributed by atoms with Crippen LogP contribution in [0.4, 0.5) is 10.1 Å². The fourth-order valence-corrected chi connectivity index (χ4v) is 3.66. The highest BCUT2D eigenvalue weighted by molar-refractivity contribution is 6.10. The Morgan fingerprint density at radius 1 is 1.00 bits per heavy atom. The number of nitrogens with zero attached hydrogens (tertiary/aromatic N) is 1. The van der Waals surface area contributed by atoms with E-state index in [9.17, 15) is 14.0 Å². The van der Waals surface area contributed by atoms with Gasteiger partial charge in [-0.25, -0.2) is 4.39 Å². The van der Waals surface area contributed by atoms with Gasteiger partial charge in [-0.3, -0.25) is 9.59 Å². The third kappa shape index (κ3) is 3.28. The number of hydrogen-bond acceptors (Lipinski definition) is 2. The highest BCUT2D eigenvalue weighted by Crippen LogP contribution is 2.33. The Bertz CT molecular complexity index is 1030. The molecule has 5 heteroatoms. The van der Waals surface area contributed by atoms with E-state index in [0.29, 0.717) is 11.3 Å². The number of likely N-dealkylation sites (N-methyl/N-ethyl adjacent to an activating group) is 1. The standard InChI is InChI=1S/C22H19FN2O2/c1-25(13-20(26)24-17-10-8-16(23)9-11-17)22(27)19-12-7-15-6-5-14-3-2-4-18(19)21(14)15/h2-4,7-12H,5-6,13H2,1H3,(H,24,26). The van der Waals surface area contributed by atoms with E-state index in [-0.39, 0.29) is 24.2 Å². The number of anilines is 1. The van der Waals surface area contributed by atoms with Crippen LogP contribution in [0.1, 0.15) is 21.5 Å². The molecule has 4 rings (SSSR count). The molecule has 0 saturated heterocycles. The number of rotatable bonds is 4. The second kappa shape index (κ2) is 6.83. The lowest BCUT2D eigenvalue weighted by atomic mass is 9.99. The lowest BCUT2D eigenvalue weighted by Gasteiger charge is -2.18. The molecule has 0 fully saturated rings. The van der Waals surface area contributed by atoms with Crippen LogP contribution in [0.25, 0.3) is 10.8 Å². The molecule has 2 amide bonds. The quantitative estimate of drug-likeness (QED) is 0.768. The predicted molar refractivity (Wildman–Crippen MR) is 103 cm³/mol. The van der Waals surface area contributed by atoms with Crippen molar-refractivity contribution in [3.63, 3.8) is 0 Å². The normalized spacial score (nSPS) is 12.2. The van der Waals surface area contributed by atoms with Crippen molar-refractivity contribution in [2.75, 3.05) is 18.9 Å². The largest absolute Gasteiger partial charge is 0.332 e. The summed E-state index contributed by atoms with van der Waals surface area (Å²) in [6.45, 7) is -0.0842. The van der Waals surface area contributed by atoms with Crippen LogP contribution in [0.2, 0.25) is 0 Å². The van der Waals surface area contributed by atoms with Crippen molar-refractivity contribution in [3.8, 4) is 0 Å². The van der Waals surface area contributed by atoms with Crippen molar-refractivity contribution in [3.05, 3.63) is 77.1 Å². The van der Waals surface area contributed by atoms with Crippen molar-refractivity contribution in [1.29, 1.82) is 0 Å². The first-order chi connectivity index (χ1) is 13.0. The van der Waals surface area contributed by atoms with Crippen molar-refractivity contribution in [2.45, 2.75) is 12.8 Å². The first-order valence-electron chi connectivity index (χ1n) is 8.87. The molecule has 1 aliphatic rings. The van der Waals surface area contributed by atoms with Crippen molar-refractivity contribution >= 4 is 28.3 Å². The molecule has 136 valence electrons. The van der Waals surface area contributed by atoms with Crippen LogP contribution in [-0.4, -0.2) is 30.3 Å². The summed E-state index contributed by atoms with van der Waals surface area (Å²) < 4.78 is 13.0. The van der Waals surface area contributed by atoms with Gasteiger partial charge in [0.15, 0.2) is 0 Å². The Morgan fingerprint density at radius 2 is 1.70 bits per heavy atom. The van der Waals surface area contributed by atoms with E-state index in [4.69, 9.17) is 0 Å². The molecule has 3 aromatic carbocycles. The minimum Gasteiger partial charge on any atom is -0.332 e. The summed E-state index contributed by atoms with van der Waals surface area (Å²) >= 11 is 0. The Kier molecular flexibility index (Phi) is 4.36. The predicted octanol–water partition coefficient (Wildman–Crippen LogP) is 3.79. The molecule has 0 atom stereocenters. The average Bonchev–Trinajstić information content (AvgIpc) is 3.08. The van der Waals surface area contributed by atoms with Gasteiger partial charge >= 0.3 is 0 Å². The van der Waals surface area contributed by atoms with Gasteiger partial charge in [0.1, 0.15) is 5.82 Å². The van der Waals surface area contributed by atoms with Gasteiger partial charge in [-0.2, -0.15) is 0 Å². The van der Waals surface area contributed by atoms with Crippen LogP contribution in [0.5, 0.6) is 0 Å². The van der Waals surface area contributed by atoms with Crippen LogP contribution >= 0.6 is 0 Å². The molecule has 0 radical (unpaired) electrons. The highest BCUT2D eigenvalue weighted by atomic mass is 19.1. The molecule has 1 aliphatic carbocycles. The Hall–Kier alpha value is -3.21. The van der Waals surface area contributed by atoms with E-state index >= 15 is 0 Å². The molecule has 27 heavy (non-hydrogen) atoms. The summed E-state index contributed by atoms with van der Waals surface area (Å²) in [6, 6.07) is 15.4. The molecular formula is C22H19FN2O2. The Morgan fingerprint density at radius 3 is 2.44 bits per heavy atom. The number of hydrogen-bond donors (Lipinski definition) is 1. The number of aryl methyl sites for hydroxylation is 2. The monoisotopic (exact) mass is 362 g/mol. The maximum atomic E-state index is 13.0. The third-order valence-corrected chi connectivity index (χ3v) is 4.96. The number of amides is 2. The van der Waals surface area contributed by atoms with E-state index in [1.165, 1.54) is 45.7 Å². The Labute approximate surface area is 156 Å². The highest BCUT2D eigenvalue weighted by Gasteiger charge is 2.21. The van der Waals surface area contributed by atoms with E-state index < -0.39 is 0 Å². The number of halogens is 1. The third-order valence-electron chi connectivity index (χ3n) is 4.96. The van der Waals surface area contributed by atoms with Crippen molar-refractivity contribution < 1.29 is 14.0 Å². The number of carbonyl (C=O) groups is 2. The molecule has 0 aliphatic heterocycles. The molecule has 0 unspecified atom stereocenters. The summed E-state index contributed by atoms with van der Waals surface area (Å²) in [5.74, 6) is -0.893. The van der Waals surface area contributed by atoms with E-state index in [1.807, 2.05) is 24.3 Å². The maximum absolute atomic E-state index is 13.0. The molecule has 4 nitrogen and oxygen atoms in total. The first-order valence-corrected chi connectivity index (χ1v) is 8.87. The number of carbonyl (C=O) groups excluding carboxylic acids is 2. The number of nitrogens with one attached hydrogen (secondary N) is 1. The lowest BCUT2D eigenvalue weighted by molar-refractivity contribution is -0.116. The zero-order valence-corrected chi connectivity index (χ0v) is 15.0. The second-order valence-corrected chi connectivity index (χ2v) is 6.83. The molecule has 0 bridgehead atoms. The second-order valence-electron chi connectivity index (χ2n) is 6.83. The van der Waals surface area contributed by atoms with Crippen LogP contribution in [0.3, 0.4) is 0 Å². The fraction of sp³-hybridized carbons (Fsp3) is 0.182. The van der Waals surface area contributed by atoms with Crippen LogP contribution < -0.4 is 5.32 Å². The minimum atomic E-state index is -0.368. The fourth-order valence-electron chi connectivity index (χ4n) is 3.66. The summed E-state index contributed by atoms with van der Waals surface area (Å²) in [6.07, 6.45) is 2.00. The summed E-state index contributed by atoms with van der Waals surface area (Å²) in [7, 11) is 1.61. The molecule has 0 heterocycles. The van der Waals surface area contributed by atoms with Gasteiger partial charge in [0.2, 0.25) is 5.91 Å². The van der Waals surface area contributed by atoms with Crippen LogP contribution in [0.15, 0.2) is 54.6 Å². The van der Waals surface area contributed by atoms with Gasteiger partial charge in [0, 0.05) is 18.3 Å². The molecule has 3 aromatic rings. The van der Waals surface area contributed by atoms with Gasteiger partial charge in [-0.15, -0.1) is 0 Å². The van der Waals surface area contributed by atoms with E-state index in [1.54, 1.807) is 7.05 Å². The molecule has 0 spiro atoms. The van der Waals surface area contributed by atoms with Crippen molar-refractivity contribution in [2.24, 2.45) is 0 Å². The molecular weight excluding hydrogens is 343 g/mol. The van der Waals surface area contributed by atoms with E-state index in [0.717, 1.165) is 18.2 Å². The van der Waals surface area contributed by atoms with Gasteiger partial charge < -0.3 is 10.2 Å². The van der Waals surface area contributed by atoms with E-state index in [2.05, 4.69) is 11.4 Å². The molecule has 0 saturated carbocycles. The zero-order chi connectivity index (χ0) is 19.0. The lowest BCUT2D eigenvalue weighted by Crippen LogP contribution is -2.35. The van der Waals surface area contributed by atoms with Gasteiger partial charge in [0.25, 0.3) is 5.91 Å². The smallest absolute Gasteiger partial charge is 0.254 e. The topological polar surface area (TPSA) is 49.4 Å². The molecule has 0 aromatic heterocycles. The first kappa shape index (κ1) is 17.2. The minimum absolute atomic E-state index is 0.0842. The van der Waals surface area contributed by atoms with Gasteiger partial charge in [-0.05, 0) is 65.1 Å². The van der Waals surface area contributed by atoms with Gasteiger partial charge in [-0.1, -0.05) is 24.3 Å².